The second kappa shape index (κ2) is 5.23. The summed E-state index contributed by atoms with van der Waals surface area (Å²) in [5, 5.41) is 3.77. The molecular formula is C10H18N4O. The minimum Gasteiger partial charge on any atom is -0.339 e. The number of likely N-dealkylation sites (tertiary alicyclic amines) is 1. The highest BCUT2D eigenvalue weighted by Crippen LogP contribution is 2.09. The highest BCUT2D eigenvalue weighted by molar-refractivity contribution is 4.86. The molecule has 0 spiro atoms. The van der Waals surface area contributed by atoms with Crippen LogP contribution >= 0.6 is 0 Å². The Bertz CT molecular complexity index is 293. The number of piperidine rings is 1. The van der Waals surface area contributed by atoms with E-state index < -0.39 is 0 Å². The maximum Gasteiger partial charge on any atom is 0.227 e. The minimum atomic E-state index is 0.354. The van der Waals surface area contributed by atoms with Gasteiger partial charge < -0.3 is 15.2 Å². The molecule has 1 aromatic rings. The first-order chi connectivity index (χ1) is 7.38. The van der Waals surface area contributed by atoms with Gasteiger partial charge >= 0.3 is 0 Å². The van der Waals surface area contributed by atoms with Gasteiger partial charge in [0.15, 0.2) is 5.82 Å². The molecule has 0 radical (unpaired) electrons. The molecule has 1 aliphatic rings. The first-order valence-electron chi connectivity index (χ1n) is 5.62. The van der Waals surface area contributed by atoms with Crippen molar-refractivity contribution in [2.75, 3.05) is 19.6 Å². The molecule has 1 saturated heterocycles. The Balaban J connectivity index is 1.76. The molecule has 0 saturated carbocycles. The minimum absolute atomic E-state index is 0.354. The molecule has 2 heterocycles. The van der Waals surface area contributed by atoms with Crippen LogP contribution in [0.2, 0.25) is 0 Å². The fourth-order valence-corrected chi connectivity index (χ4v) is 1.91. The van der Waals surface area contributed by atoms with Gasteiger partial charge in [-0.05, 0) is 25.9 Å². The average molecular weight is 210 g/mol. The van der Waals surface area contributed by atoms with Crippen LogP contribution in [0.1, 0.15) is 31.0 Å². The van der Waals surface area contributed by atoms with Crippen molar-refractivity contribution in [3.8, 4) is 0 Å². The topological polar surface area (TPSA) is 68.2 Å². The lowest BCUT2D eigenvalue weighted by Crippen LogP contribution is -2.31. The van der Waals surface area contributed by atoms with Crippen LogP contribution in [0.25, 0.3) is 0 Å². The fourth-order valence-electron chi connectivity index (χ4n) is 1.91. The van der Waals surface area contributed by atoms with Crippen molar-refractivity contribution in [1.29, 1.82) is 0 Å². The third-order valence-electron chi connectivity index (χ3n) is 2.78. The second-order valence-electron chi connectivity index (χ2n) is 3.96. The highest BCUT2D eigenvalue weighted by atomic mass is 16.5. The Morgan fingerprint density at radius 2 is 2.07 bits per heavy atom. The highest BCUT2D eigenvalue weighted by Gasteiger charge is 2.11. The van der Waals surface area contributed by atoms with Gasteiger partial charge in [-0.1, -0.05) is 11.6 Å². The van der Waals surface area contributed by atoms with Crippen LogP contribution in [-0.4, -0.2) is 34.7 Å². The molecule has 1 aromatic heterocycles. The number of rotatable bonds is 4. The third-order valence-corrected chi connectivity index (χ3v) is 2.78. The van der Waals surface area contributed by atoms with Gasteiger partial charge in [-0.15, -0.1) is 0 Å². The Labute approximate surface area is 89.6 Å². The van der Waals surface area contributed by atoms with E-state index in [9.17, 15) is 0 Å². The lowest BCUT2D eigenvalue weighted by molar-refractivity contribution is 0.223. The van der Waals surface area contributed by atoms with Gasteiger partial charge in [0.25, 0.3) is 0 Å². The second-order valence-corrected chi connectivity index (χ2v) is 3.96. The van der Waals surface area contributed by atoms with Gasteiger partial charge in [0, 0.05) is 13.0 Å². The van der Waals surface area contributed by atoms with E-state index in [4.69, 9.17) is 10.3 Å². The van der Waals surface area contributed by atoms with E-state index >= 15 is 0 Å². The molecule has 1 aliphatic heterocycles. The van der Waals surface area contributed by atoms with E-state index in [0.29, 0.717) is 18.3 Å². The molecular weight excluding hydrogens is 192 g/mol. The number of nitrogens with two attached hydrogens (primary N) is 1. The molecule has 0 atom stereocenters. The van der Waals surface area contributed by atoms with Crippen molar-refractivity contribution in [3.63, 3.8) is 0 Å². The lowest BCUT2D eigenvalue weighted by atomic mass is 10.1. The first-order valence-corrected chi connectivity index (χ1v) is 5.62. The monoisotopic (exact) mass is 210 g/mol. The van der Waals surface area contributed by atoms with Crippen LogP contribution < -0.4 is 5.73 Å². The Morgan fingerprint density at radius 3 is 2.73 bits per heavy atom. The van der Waals surface area contributed by atoms with E-state index in [1.165, 1.54) is 32.4 Å². The smallest absolute Gasteiger partial charge is 0.227 e. The molecule has 0 aromatic carbocycles. The summed E-state index contributed by atoms with van der Waals surface area (Å²) in [6.45, 7) is 3.79. The van der Waals surface area contributed by atoms with E-state index in [0.717, 1.165) is 13.0 Å². The van der Waals surface area contributed by atoms with E-state index in [1.807, 2.05) is 0 Å². The van der Waals surface area contributed by atoms with Gasteiger partial charge in [0.05, 0.1) is 6.54 Å². The number of aromatic nitrogens is 2. The summed E-state index contributed by atoms with van der Waals surface area (Å²) in [5.74, 6) is 1.31. The molecule has 0 unspecified atom stereocenters. The van der Waals surface area contributed by atoms with Crippen molar-refractivity contribution in [1.82, 2.24) is 15.0 Å². The van der Waals surface area contributed by atoms with Crippen molar-refractivity contribution in [3.05, 3.63) is 11.7 Å². The summed E-state index contributed by atoms with van der Waals surface area (Å²) >= 11 is 0. The zero-order valence-corrected chi connectivity index (χ0v) is 8.98. The molecule has 15 heavy (non-hydrogen) atoms. The van der Waals surface area contributed by atoms with Crippen molar-refractivity contribution < 1.29 is 4.52 Å². The van der Waals surface area contributed by atoms with Gasteiger partial charge in [-0.2, -0.15) is 4.98 Å². The molecule has 1 fully saturated rings. The first kappa shape index (κ1) is 10.6. The van der Waals surface area contributed by atoms with Gasteiger partial charge in [0.2, 0.25) is 5.89 Å². The molecule has 5 heteroatoms. The third kappa shape index (κ3) is 3.00. The van der Waals surface area contributed by atoms with Crippen molar-refractivity contribution >= 4 is 0 Å². The molecule has 2 N–H and O–H groups in total. The predicted octanol–water partition coefficient (Wildman–Crippen LogP) is 0.557. The Hall–Kier alpha value is -0.940. The van der Waals surface area contributed by atoms with Crippen LogP contribution in [0.5, 0.6) is 0 Å². The molecule has 84 valence electrons. The number of nitrogens with zero attached hydrogens (tertiary/aromatic N) is 3. The number of hydrogen-bond donors (Lipinski definition) is 1. The normalized spacial score (nSPS) is 18.2. The zero-order chi connectivity index (χ0) is 10.5. The molecule has 0 bridgehead atoms. The van der Waals surface area contributed by atoms with Crippen LogP contribution in [0.4, 0.5) is 0 Å². The molecule has 0 amide bonds. The standard InChI is InChI=1S/C10H18N4O/c11-8-9-12-10(15-13-9)4-7-14-5-2-1-3-6-14/h1-8,11H2. The zero-order valence-electron chi connectivity index (χ0n) is 8.98. The van der Waals surface area contributed by atoms with Gasteiger partial charge in [0.1, 0.15) is 0 Å². The van der Waals surface area contributed by atoms with E-state index in [2.05, 4.69) is 15.0 Å². The fraction of sp³-hybridized carbons (Fsp3) is 0.800. The SMILES string of the molecule is NCc1noc(CCN2CCCCC2)n1. The maximum absolute atomic E-state index is 5.41. The van der Waals surface area contributed by atoms with E-state index in [-0.39, 0.29) is 0 Å². The van der Waals surface area contributed by atoms with Crippen LogP contribution in [0.3, 0.4) is 0 Å². The largest absolute Gasteiger partial charge is 0.339 e. The molecule has 0 aliphatic carbocycles. The maximum atomic E-state index is 5.41. The molecule has 5 nitrogen and oxygen atoms in total. The average Bonchev–Trinajstić information content (AvgIpc) is 2.76. The summed E-state index contributed by atoms with van der Waals surface area (Å²) in [5.41, 5.74) is 5.41. The van der Waals surface area contributed by atoms with Gasteiger partial charge in [-0.3, -0.25) is 0 Å². The summed E-state index contributed by atoms with van der Waals surface area (Å²) in [6.07, 6.45) is 4.84. The summed E-state index contributed by atoms with van der Waals surface area (Å²) < 4.78 is 5.08. The van der Waals surface area contributed by atoms with Gasteiger partial charge in [-0.25, -0.2) is 0 Å². The predicted molar refractivity (Wildman–Crippen MR) is 56.2 cm³/mol. The Morgan fingerprint density at radius 1 is 1.27 bits per heavy atom. The summed E-state index contributed by atoms with van der Waals surface area (Å²) in [4.78, 5) is 6.64. The van der Waals surface area contributed by atoms with Crippen molar-refractivity contribution in [2.45, 2.75) is 32.2 Å². The quantitative estimate of drug-likeness (QED) is 0.786. The van der Waals surface area contributed by atoms with Crippen LogP contribution in [-0.2, 0) is 13.0 Å². The molecule has 2 rings (SSSR count). The van der Waals surface area contributed by atoms with E-state index in [1.54, 1.807) is 0 Å². The van der Waals surface area contributed by atoms with Crippen LogP contribution in [0.15, 0.2) is 4.52 Å². The summed E-state index contributed by atoms with van der Waals surface area (Å²) in [6, 6.07) is 0. The lowest BCUT2D eigenvalue weighted by Gasteiger charge is -2.25. The Kier molecular flexibility index (Phi) is 3.69. The van der Waals surface area contributed by atoms with Crippen molar-refractivity contribution in [2.24, 2.45) is 5.73 Å². The van der Waals surface area contributed by atoms with Crippen LogP contribution in [0, 0.1) is 0 Å². The number of hydrogen-bond acceptors (Lipinski definition) is 5. The summed E-state index contributed by atoms with van der Waals surface area (Å²) in [7, 11) is 0.